The number of hydrogen-bond donors (Lipinski definition) is 0. The van der Waals surface area contributed by atoms with Gasteiger partial charge in [-0.15, -0.1) is 0 Å². The molecule has 0 bridgehead atoms. The maximum Gasteiger partial charge on any atom is 0.416 e. The third-order valence-electron chi connectivity index (χ3n) is 2.72. The lowest BCUT2D eigenvalue weighted by atomic mass is 10.0. The van der Waals surface area contributed by atoms with Gasteiger partial charge in [0.2, 0.25) is 0 Å². The summed E-state index contributed by atoms with van der Waals surface area (Å²) in [6.07, 6.45) is -4.40. The van der Waals surface area contributed by atoms with Crippen LogP contribution in [0.4, 0.5) is 17.6 Å². The minimum atomic E-state index is -4.40. The first-order valence-corrected chi connectivity index (χ1v) is 6.56. The number of rotatable bonds is 2. The molecule has 0 fully saturated rings. The Morgan fingerprint density at radius 3 is 2.21 bits per heavy atom. The van der Waals surface area contributed by atoms with Gasteiger partial charge in [-0.3, -0.25) is 0 Å². The molecule has 0 radical (unpaired) electrons. The second-order valence-corrected chi connectivity index (χ2v) is 4.58. The van der Waals surface area contributed by atoms with Crippen LogP contribution in [0.25, 0.3) is 11.1 Å². The van der Waals surface area contributed by atoms with Crippen LogP contribution in [0.15, 0.2) is 42.5 Å². The van der Waals surface area contributed by atoms with E-state index in [0.29, 0.717) is 22.0 Å². The largest absolute Gasteiger partial charge is 0.416 e. The predicted octanol–water partition coefficient (Wildman–Crippen LogP) is 5.41. The van der Waals surface area contributed by atoms with E-state index in [4.69, 9.17) is 0 Å². The lowest BCUT2D eigenvalue weighted by molar-refractivity contribution is -0.137. The molecule has 0 amide bonds. The molecular formula is C14H9BrF4. The molecule has 0 saturated heterocycles. The summed E-state index contributed by atoms with van der Waals surface area (Å²) in [5.41, 5.74) is 0.494. The highest BCUT2D eigenvalue weighted by Gasteiger charge is 2.30. The quantitative estimate of drug-likeness (QED) is 0.509. The van der Waals surface area contributed by atoms with E-state index in [2.05, 4.69) is 15.9 Å². The van der Waals surface area contributed by atoms with Gasteiger partial charge in [0.15, 0.2) is 0 Å². The van der Waals surface area contributed by atoms with Crippen LogP contribution >= 0.6 is 15.9 Å². The smallest absolute Gasteiger partial charge is 0.207 e. The zero-order valence-electron chi connectivity index (χ0n) is 9.64. The Hall–Kier alpha value is -1.36. The van der Waals surface area contributed by atoms with Crippen molar-refractivity contribution in [1.29, 1.82) is 0 Å². The summed E-state index contributed by atoms with van der Waals surface area (Å²) in [5, 5.41) is 0.363. The van der Waals surface area contributed by atoms with Crippen molar-refractivity contribution in [3.8, 4) is 11.1 Å². The molecule has 2 aromatic rings. The SMILES string of the molecule is Fc1cc(-c2cccc(C(F)(F)F)c2)ccc1CBr. The van der Waals surface area contributed by atoms with E-state index in [1.807, 2.05) is 0 Å². The Morgan fingerprint density at radius 1 is 0.947 bits per heavy atom. The molecule has 19 heavy (non-hydrogen) atoms. The number of halogens is 5. The second kappa shape index (κ2) is 5.33. The molecule has 0 heterocycles. The molecule has 100 valence electrons. The van der Waals surface area contributed by atoms with Crippen molar-refractivity contribution < 1.29 is 17.6 Å². The van der Waals surface area contributed by atoms with Gasteiger partial charge in [-0.05, 0) is 34.9 Å². The van der Waals surface area contributed by atoms with E-state index in [-0.39, 0.29) is 0 Å². The summed E-state index contributed by atoms with van der Waals surface area (Å²) in [6, 6.07) is 9.25. The molecule has 0 aromatic heterocycles. The summed E-state index contributed by atoms with van der Waals surface area (Å²) < 4.78 is 51.4. The number of benzene rings is 2. The van der Waals surface area contributed by atoms with E-state index in [1.165, 1.54) is 18.2 Å². The Bertz CT molecular complexity index is 590. The van der Waals surface area contributed by atoms with Gasteiger partial charge < -0.3 is 0 Å². The molecule has 0 unspecified atom stereocenters. The van der Waals surface area contributed by atoms with E-state index >= 15 is 0 Å². The van der Waals surface area contributed by atoms with Crippen molar-refractivity contribution in [3.05, 3.63) is 59.4 Å². The second-order valence-electron chi connectivity index (χ2n) is 4.02. The Morgan fingerprint density at radius 2 is 1.63 bits per heavy atom. The maximum absolute atomic E-state index is 13.6. The van der Waals surface area contributed by atoms with Crippen molar-refractivity contribution in [2.75, 3.05) is 0 Å². The van der Waals surface area contributed by atoms with Crippen molar-refractivity contribution in [3.63, 3.8) is 0 Å². The van der Waals surface area contributed by atoms with Crippen LogP contribution < -0.4 is 0 Å². The number of hydrogen-bond acceptors (Lipinski definition) is 0. The first kappa shape index (κ1) is 14.1. The molecule has 0 N–H and O–H groups in total. The highest BCUT2D eigenvalue weighted by molar-refractivity contribution is 9.08. The lowest BCUT2D eigenvalue weighted by Crippen LogP contribution is -2.04. The molecule has 0 saturated carbocycles. The minimum Gasteiger partial charge on any atom is -0.207 e. The Kier molecular flexibility index (Phi) is 3.94. The highest BCUT2D eigenvalue weighted by atomic mass is 79.9. The number of alkyl halides is 4. The summed E-state index contributed by atoms with van der Waals surface area (Å²) >= 11 is 3.14. The molecule has 0 nitrogen and oxygen atoms in total. The standard InChI is InChI=1S/C14H9BrF4/c15-8-11-5-4-10(7-13(11)16)9-2-1-3-12(6-9)14(17,18)19/h1-7H,8H2. The molecular weight excluding hydrogens is 324 g/mol. The topological polar surface area (TPSA) is 0 Å². The van der Waals surface area contributed by atoms with Crippen LogP contribution in [-0.4, -0.2) is 0 Å². The van der Waals surface area contributed by atoms with E-state index in [0.717, 1.165) is 12.1 Å². The molecule has 0 atom stereocenters. The van der Waals surface area contributed by atoms with Gasteiger partial charge in [-0.1, -0.05) is 40.2 Å². The zero-order valence-corrected chi connectivity index (χ0v) is 11.2. The summed E-state index contributed by atoms with van der Waals surface area (Å²) in [6.45, 7) is 0. The van der Waals surface area contributed by atoms with E-state index in [9.17, 15) is 17.6 Å². The van der Waals surface area contributed by atoms with Crippen molar-refractivity contribution in [2.24, 2.45) is 0 Å². The van der Waals surface area contributed by atoms with Crippen LogP contribution in [0.1, 0.15) is 11.1 Å². The lowest BCUT2D eigenvalue weighted by Gasteiger charge is -2.09. The van der Waals surface area contributed by atoms with Crippen LogP contribution in [0.2, 0.25) is 0 Å². The van der Waals surface area contributed by atoms with Gasteiger partial charge in [0.05, 0.1) is 5.56 Å². The summed E-state index contributed by atoms with van der Waals surface area (Å²) in [4.78, 5) is 0. The molecule has 0 aliphatic carbocycles. The first-order valence-electron chi connectivity index (χ1n) is 5.44. The normalized spacial score (nSPS) is 11.6. The summed E-state index contributed by atoms with van der Waals surface area (Å²) in [5.74, 6) is -0.438. The third-order valence-corrected chi connectivity index (χ3v) is 3.32. The fraction of sp³-hybridized carbons (Fsp3) is 0.143. The van der Waals surface area contributed by atoms with Gasteiger partial charge in [0.1, 0.15) is 5.82 Å². The van der Waals surface area contributed by atoms with Crippen LogP contribution in [0, 0.1) is 5.82 Å². The van der Waals surface area contributed by atoms with Gasteiger partial charge >= 0.3 is 6.18 Å². The molecule has 5 heteroatoms. The van der Waals surface area contributed by atoms with Crippen molar-refractivity contribution >= 4 is 15.9 Å². The first-order chi connectivity index (χ1) is 8.91. The fourth-order valence-corrected chi connectivity index (χ4v) is 2.17. The molecule has 0 aliphatic rings. The average molecular weight is 333 g/mol. The minimum absolute atomic E-state index is 0.342. The fourth-order valence-electron chi connectivity index (χ4n) is 1.71. The van der Waals surface area contributed by atoms with Crippen LogP contribution in [0.5, 0.6) is 0 Å². The average Bonchev–Trinajstić information content (AvgIpc) is 2.38. The van der Waals surface area contributed by atoms with Crippen LogP contribution in [0.3, 0.4) is 0 Å². The molecule has 2 aromatic carbocycles. The molecule has 0 aliphatic heterocycles. The van der Waals surface area contributed by atoms with E-state index in [1.54, 1.807) is 12.1 Å². The monoisotopic (exact) mass is 332 g/mol. The molecule has 2 rings (SSSR count). The molecule has 0 spiro atoms. The Balaban J connectivity index is 2.45. The zero-order chi connectivity index (χ0) is 14.0. The van der Waals surface area contributed by atoms with Crippen molar-refractivity contribution in [2.45, 2.75) is 11.5 Å². The van der Waals surface area contributed by atoms with Gasteiger partial charge in [-0.2, -0.15) is 13.2 Å². The summed E-state index contributed by atoms with van der Waals surface area (Å²) in [7, 11) is 0. The van der Waals surface area contributed by atoms with Crippen LogP contribution in [-0.2, 0) is 11.5 Å². The third kappa shape index (κ3) is 3.15. The Labute approximate surface area is 116 Å². The maximum atomic E-state index is 13.6. The van der Waals surface area contributed by atoms with Gasteiger partial charge in [-0.25, -0.2) is 4.39 Å². The highest BCUT2D eigenvalue weighted by Crippen LogP contribution is 2.32. The van der Waals surface area contributed by atoms with Crippen molar-refractivity contribution in [1.82, 2.24) is 0 Å². The van der Waals surface area contributed by atoms with Gasteiger partial charge in [0.25, 0.3) is 0 Å². The van der Waals surface area contributed by atoms with Gasteiger partial charge in [0, 0.05) is 5.33 Å². The predicted molar refractivity (Wildman–Crippen MR) is 69.5 cm³/mol. The van der Waals surface area contributed by atoms with E-state index < -0.39 is 17.6 Å².